The zero-order valence-corrected chi connectivity index (χ0v) is 11.4. The first-order chi connectivity index (χ1) is 8.88. The highest BCUT2D eigenvalue weighted by molar-refractivity contribution is 6.30. The number of hydrogen-bond acceptors (Lipinski definition) is 3. The monoisotopic (exact) mass is 292 g/mol. The number of carbonyl (C=O) groups excluding carboxylic acids is 1. The topological polar surface area (TPSA) is 41.6 Å². The Labute approximate surface area is 115 Å². The highest BCUT2D eigenvalue weighted by Gasteiger charge is 2.11. The lowest BCUT2D eigenvalue weighted by molar-refractivity contribution is -0.121. The van der Waals surface area contributed by atoms with Gasteiger partial charge in [-0.25, -0.2) is 0 Å². The minimum absolute atomic E-state index is 0.00422. The van der Waals surface area contributed by atoms with E-state index in [0.29, 0.717) is 10.6 Å². The van der Waals surface area contributed by atoms with Crippen molar-refractivity contribution in [2.45, 2.75) is 13.2 Å². The number of amides is 1. The Morgan fingerprint density at radius 1 is 1.47 bits per heavy atom. The highest BCUT2D eigenvalue weighted by atomic mass is 35.5. The molecule has 0 fully saturated rings. The third-order valence-corrected chi connectivity index (χ3v) is 2.41. The smallest absolute Gasteiger partial charge is 0.387 e. The van der Waals surface area contributed by atoms with Crippen LogP contribution in [0.4, 0.5) is 8.78 Å². The summed E-state index contributed by atoms with van der Waals surface area (Å²) in [6.45, 7) is -2.63. The molecule has 0 aliphatic carbocycles. The number of likely N-dealkylation sites (N-methyl/N-ethyl adjacent to an activating group) is 1. The fraction of sp³-hybridized carbons (Fsp3) is 0.417. The molecule has 7 heteroatoms. The molecule has 0 atom stereocenters. The van der Waals surface area contributed by atoms with E-state index in [2.05, 4.69) is 10.1 Å². The van der Waals surface area contributed by atoms with Crippen LogP contribution in [0.3, 0.4) is 0 Å². The molecule has 0 aliphatic heterocycles. The van der Waals surface area contributed by atoms with Crippen LogP contribution in [0, 0.1) is 0 Å². The summed E-state index contributed by atoms with van der Waals surface area (Å²) >= 11 is 5.79. The lowest BCUT2D eigenvalue weighted by atomic mass is 10.2. The van der Waals surface area contributed by atoms with E-state index in [4.69, 9.17) is 11.6 Å². The van der Waals surface area contributed by atoms with Crippen molar-refractivity contribution in [3.05, 3.63) is 28.8 Å². The van der Waals surface area contributed by atoms with Crippen LogP contribution in [0.2, 0.25) is 5.02 Å². The Kier molecular flexibility index (Phi) is 5.98. The zero-order valence-electron chi connectivity index (χ0n) is 10.6. The Bertz CT molecular complexity index is 442. The number of ether oxygens (including phenoxy) is 1. The Hall–Kier alpha value is -1.40. The molecule has 0 bridgehead atoms. The summed E-state index contributed by atoms with van der Waals surface area (Å²) in [6.07, 6.45) is 0. The number of benzene rings is 1. The van der Waals surface area contributed by atoms with Gasteiger partial charge in [0.25, 0.3) is 0 Å². The molecule has 1 aromatic carbocycles. The van der Waals surface area contributed by atoms with Crippen LogP contribution in [0.5, 0.6) is 5.75 Å². The Balaban J connectivity index is 2.70. The average Bonchev–Trinajstić information content (AvgIpc) is 2.28. The lowest BCUT2D eigenvalue weighted by Crippen LogP contribution is -2.32. The minimum atomic E-state index is -2.92. The van der Waals surface area contributed by atoms with Gasteiger partial charge in [-0.2, -0.15) is 8.78 Å². The molecule has 0 unspecified atom stereocenters. The molecule has 1 amide bonds. The molecule has 0 spiro atoms. The quantitative estimate of drug-likeness (QED) is 0.873. The first kappa shape index (κ1) is 15.7. The Morgan fingerprint density at radius 2 is 2.16 bits per heavy atom. The van der Waals surface area contributed by atoms with Gasteiger partial charge in [0.2, 0.25) is 5.91 Å². The van der Waals surface area contributed by atoms with Gasteiger partial charge >= 0.3 is 6.61 Å². The van der Waals surface area contributed by atoms with Crippen LogP contribution < -0.4 is 10.1 Å². The number of nitrogens with zero attached hydrogens (tertiary/aromatic N) is 1. The maximum atomic E-state index is 12.2. The second-order valence-corrected chi connectivity index (χ2v) is 4.58. The molecule has 1 rings (SSSR count). The lowest BCUT2D eigenvalue weighted by Gasteiger charge is -2.13. The third-order valence-electron chi connectivity index (χ3n) is 2.17. The summed E-state index contributed by atoms with van der Waals surface area (Å²) in [6, 6.07) is 4.28. The van der Waals surface area contributed by atoms with E-state index in [1.165, 1.54) is 18.2 Å². The molecule has 19 heavy (non-hydrogen) atoms. The molecule has 0 aromatic heterocycles. The fourth-order valence-electron chi connectivity index (χ4n) is 1.43. The first-order valence-electron chi connectivity index (χ1n) is 5.53. The van der Waals surface area contributed by atoms with Gasteiger partial charge in [-0.3, -0.25) is 4.79 Å². The number of alkyl halides is 2. The van der Waals surface area contributed by atoms with Gasteiger partial charge in [-0.1, -0.05) is 11.6 Å². The molecular formula is C12H15ClF2N2O2. The Morgan fingerprint density at radius 3 is 2.74 bits per heavy atom. The summed E-state index contributed by atoms with van der Waals surface area (Å²) in [4.78, 5) is 13.2. The van der Waals surface area contributed by atoms with Crippen LogP contribution in [-0.4, -0.2) is 38.1 Å². The third kappa shape index (κ3) is 5.85. The molecule has 0 heterocycles. The fourth-order valence-corrected chi connectivity index (χ4v) is 1.63. The van der Waals surface area contributed by atoms with Gasteiger partial charge < -0.3 is 15.0 Å². The van der Waals surface area contributed by atoms with Crippen LogP contribution in [-0.2, 0) is 11.3 Å². The highest BCUT2D eigenvalue weighted by Crippen LogP contribution is 2.24. The van der Waals surface area contributed by atoms with Crippen LogP contribution in [0.1, 0.15) is 5.56 Å². The summed E-state index contributed by atoms with van der Waals surface area (Å²) in [5.74, 6) is -0.211. The predicted octanol–water partition coefficient (Wildman–Crippen LogP) is 2.12. The zero-order chi connectivity index (χ0) is 14.4. The molecule has 0 radical (unpaired) electrons. The van der Waals surface area contributed by atoms with Gasteiger partial charge in [0, 0.05) is 17.1 Å². The maximum Gasteiger partial charge on any atom is 0.387 e. The molecule has 0 saturated carbocycles. The van der Waals surface area contributed by atoms with Crippen LogP contribution >= 0.6 is 11.6 Å². The normalized spacial score (nSPS) is 10.9. The van der Waals surface area contributed by atoms with Crippen LogP contribution in [0.25, 0.3) is 0 Å². The summed E-state index contributed by atoms with van der Waals surface area (Å²) in [5, 5.41) is 2.99. The van der Waals surface area contributed by atoms with E-state index in [0.717, 1.165) is 0 Å². The van der Waals surface area contributed by atoms with E-state index in [-0.39, 0.29) is 24.7 Å². The van der Waals surface area contributed by atoms with E-state index in [1.807, 2.05) is 0 Å². The molecule has 4 nitrogen and oxygen atoms in total. The second-order valence-electron chi connectivity index (χ2n) is 4.15. The average molecular weight is 293 g/mol. The predicted molar refractivity (Wildman–Crippen MR) is 68.5 cm³/mol. The van der Waals surface area contributed by atoms with Gasteiger partial charge in [0.15, 0.2) is 0 Å². The van der Waals surface area contributed by atoms with Gasteiger partial charge in [0.05, 0.1) is 6.54 Å². The van der Waals surface area contributed by atoms with Gasteiger partial charge in [-0.15, -0.1) is 0 Å². The number of hydrogen-bond donors (Lipinski definition) is 1. The van der Waals surface area contributed by atoms with Crippen molar-refractivity contribution in [2.24, 2.45) is 0 Å². The van der Waals surface area contributed by atoms with Crippen molar-refractivity contribution >= 4 is 17.5 Å². The summed E-state index contributed by atoms with van der Waals surface area (Å²) < 4.78 is 28.8. The molecular weight excluding hydrogens is 278 g/mol. The number of halogens is 3. The van der Waals surface area contributed by atoms with E-state index in [9.17, 15) is 13.6 Å². The number of carbonyl (C=O) groups is 1. The molecule has 1 N–H and O–H groups in total. The van der Waals surface area contributed by atoms with Gasteiger partial charge in [-0.05, 0) is 32.3 Å². The first-order valence-corrected chi connectivity index (χ1v) is 5.91. The molecule has 106 valence electrons. The summed E-state index contributed by atoms with van der Waals surface area (Å²) in [5.41, 5.74) is 0.403. The van der Waals surface area contributed by atoms with Gasteiger partial charge in [0.1, 0.15) is 5.75 Å². The number of rotatable bonds is 6. The largest absolute Gasteiger partial charge is 0.434 e. The van der Waals surface area contributed by atoms with E-state index >= 15 is 0 Å². The summed E-state index contributed by atoms with van der Waals surface area (Å²) in [7, 11) is 3.51. The van der Waals surface area contributed by atoms with Crippen molar-refractivity contribution in [2.75, 3.05) is 20.6 Å². The minimum Gasteiger partial charge on any atom is -0.434 e. The van der Waals surface area contributed by atoms with Crippen molar-refractivity contribution in [1.82, 2.24) is 10.2 Å². The SMILES string of the molecule is CN(C)CC(=O)NCc1cc(Cl)ccc1OC(F)F. The molecule has 0 aliphatic rings. The molecule has 0 saturated heterocycles. The van der Waals surface area contributed by atoms with Crippen molar-refractivity contribution in [1.29, 1.82) is 0 Å². The van der Waals surface area contributed by atoms with Crippen molar-refractivity contribution < 1.29 is 18.3 Å². The van der Waals surface area contributed by atoms with Crippen molar-refractivity contribution in [3.63, 3.8) is 0 Å². The number of nitrogens with one attached hydrogen (secondary N) is 1. The molecule has 1 aromatic rings. The standard InChI is InChI=1S/C12H15ClF2N2O2/c1-17(2)7-11(18)16-6-8-5-9(13)3-4-10(8)19-12(14)15/h3-5,12H,6-7H2,1-2H3,(H,16,18). The van der Waals surface area contributed by atoms with E-state index < -0.39 is 6.61 Å². The van der Waals surface area contributed by atoms with Crippen LogP contribution in [0.15, 0.2) is 18.2 Å². The van der Waals surface area contributed by atoms with Crippen molar-refractivity contribution in [3.8, 4) is 5.75 Å². The van der Waals surface area contributed by atoms with E-state index in [1.54, 1.807) is 19.0 Å². The second kappa shape index (κ2) is 7.25. The maximum absolute atomic E-state index is 12.2.